The fourth-order valence-corrected chi connectivity index (χ4v) is 1.64. The average molecular weight is 273 g/mol. The van der Waals surface area contributed by atoms with Crippen molar-refractivity contribution in [3.8, 4) is 0 Å². The van der Waals surface area contributed by atoms with Gasteiger partial charge in [0, 0.05) is 11.1 Å². The third-order valence-corrected chi connectivity index (χ3v) is 2.76. The van der Waals surface area contributed by atoms with Crippen LogP contribution in [0.2, 0.25) is 5.02 Å². The summed E-state index contributed by atoms with van der Waals surface area (Å²) in [5.74, 6) is -0.362. The molecule has 0 bridgehead atoms. The third kappa shape index (κ3) is 4.60. The highest BCUT2D eigenvalue weighted by atomic mass is 35.5. The summed E-state index contributed by atoms with van der Waals surface area (Å²) in [6, 6.07) is 16.8. The van der Waals surface area contributed by atoms with Gasteiger partial charge in [-0.15, -0.1) is 0 Å². The number of hydrogen-bond acceptors (Lipinski definition) is 2. The van der Waals surface area contributed by atoms with Crippen molar-refractivity contribution >= 4 is 23.6 Å². The zero-order chi connectivity index (χ0) is 13.5. The van der Waals surface area contributed by atoms with Crippen LogP contribution in [-0.2, 0) is 16.1 Å². The van der Waals surface area contributed by atoms with Crippen LogP contribution in [0.15, 0.2) is 60.7 Å². The Labute approximate surface area is 117 Å². The molecule has 2 aromatic carbocycles. The Morgan fingerprint density at radius 1 is 1.05 bits per heavy atom. The van der Waals surface area contributed by atoms with E-state index >= 15 is 0 Å². The topological polar surface area (TPSA) is 26.3 Å². The molecule has 0 aliphatic rings. The molecule has 0 saturated carbocycles. The summed E-state index contributed by atoms with van der Waals surface area (Å²) >= 11 is 5.78. The largest absolute Gasteiger partial charge is 0.458 e. The van der Waals surface area contributed by atoms with Crippen LogP contribution >= 0.6 is 11.6 Å². The van der Waals surface area contributed by atoms with E-state index in [1.165, 1.54) is 6.08 Å². The molecule has 96 valence electrons. The Balaban J connectivity index is 1.86. The number of carbonyl (C=O) groups is 1. The maximum absolute atomic E-state index is 11.5. The fourth-order valence-electron chi connectivity index (χ4n) is 1.51. The number of hydrogen-bond donors (Lipinski definition) is 0. The van der Waals surface area contributed by atoms with Crippen molar-refractivity contribution in [2.75, 3.05) is 0 Å². The van der Waals surface area contributed by atoms with E-state index in [0.717, 1.165) is 11.1 Å². The maximum Gasteiger partial charge on any atom is 0.331 e. The average Bonchev–Trinajstić information content (AvgIpc) is 2.45. The number of ether oxygens (including phenoxy) is 1. The second-order valence-corrected chi connectivity index (χ2v) is 4.41. The minimum Gasteiger partial charge on any atom is -0.458 e. The van der Waals surface area contributed by atoms with Crippen LogP contribution in [0.5, 0.6) is 0 Å². The molecule has 0 amide bonds. The summed E-state index contributed by atoms with van der Waals surface area (Å²) < 4.78 is 5.12. The van der Waals surface area contributed by atoms with E-state index in [1.807, 2.05) is 42.5 Å². The quantitative estimate of drug-likeness (QED) is 0.619. The molecule has 0 heterocycles. The highest BCUT2D eigenvalue weighted by Gasteiger charge is 1.98. The van der Waals surface area contributed by atoms with Gasteiger partial charge < -0.3 is 4.74 Å². The first-order valence-electron chi connectivity index (χ1n) is 5.88. The summed E-state index contributed by atoms with van der Waals surface area (Å²) in [6.45, 7) is 0.282. The molecule has 2 rings (SSSR count). The summed E-state index contributed by atoms with van der Waals surface area (Å²) in [7, 11) is 0. The molecule has 0 aliphatic carbocycles. The van der Waals surface area contributed by atoms with E-state index in [4.69, 9.17) is 16.3 Å². The smallest absolute Gasteiger partial charge is 0.331 e. The molecule has 0 saturated heterocycles. The van der Waals surface area contributed by atoms with Gasteiger partial charge in [-0.25, -0.2) is 4.79 Å². The predicted molar refractivity (Wildman–Crippen MR) is 76.7 cm³/mol. The van der Waals surface area contributed by atoms with Crippen LogP contribution in [0.3, 0.4) is 0 Å². The molecule has 0 spiro atoms. The maximum atomic E-state index is 11.5. The van der Waals surface area contributed by atoms with E-state index < -0.39 is 0 Å². The lowest BCUT2D eigenvalue weighted by Gasteiger charge is -2.01. The fraction of sp³-hybridized carbons (Fsp3) is 0.0625. The van der Waals surface area contributed by atoms with E-state index in [2.05, 4.69) is 0 Å². The molecule has 0 unspecified atom stereocenters. The van der Waals surface area contributed by atoms with Crippen LogP contribution in [0.4, 0.5) is 0 Å². The standard InChI is InChI=1S/C16H13ClO2/c17-15-9-6-13(7-10-15)8-11-16(18)19-12-14-4-2-1-3-5-14/h1-11H,12H2. The van der Waals surface area contributed by atoms with Gasteiger partial charge in [0.15, 0.2) is 0 Å². The van der Waals surface area contributed by atoms with Crippen LogP contribution in [0.25, 0.3) is 6.08 Å². The van der Waals surface area contributed by atoms with Gasteiger partial charge in [0.05, 0.1) is 0 Å². The van der Waals surface area contributed by atoms with E-state index in [9.17, 15) is 4.79 Å². The van der Waals surface area contributed by atoms with Crippen LogP contribution in [0.1, 0.15) is 11.1 Å². The van der Waals surface area contributed by atoms with Gasteiger partial charge >= 0.3 is 5.97 Å². The highest BCUT2D eigenvalue weighted by molar-refractivity contribution is 6.30. The molecule has 0 aromatic heterocycles. The second-order valence-electron chi connectivity index (χ2n) is 3.98. The number of halogens is 1. The Morgan fingerprint density at radius 2 is 1.74 bits per heavy atom. The molecule has 2 nitrogen and oxygen atoms in total. The van der Waals surface area contributed by atoms with Gasteiger partial charge in [0.25, 0.3) is 0 Å². The van der Waals surface area contributed by atoms with Gasteiger partial charge in [-0.2, -0.15) is 0 Å². The summed E-state index contributed by atoms with van der Waals surface area (Å²) in [4.78, 5) is 11.5. The van der Waals surface area contributed by atoms with E-state index in [0.29, 0.717) is 5.02 Å². The third-order valence-electron chi connectivity index (χ3n) is 2.51. The lowest BCUT2D eigenvalue weighted by Crippen LogP contribution is -2.00. The lowest BCUT2D eigenvalue weighted by molar-refractivity contribution is -0.138. The lowest BCUT2D eigenvalue weighted by atomic mass is 10.2. The first-order valence-corrected chi connectivity index (χ1v) is 6.26. The zero-order valence-corrected chi connectivity index (χ0v) is 11.0. The van der Waals surface area contributed by atoms with Crippen molar-refractivity contribution in [1.29, 1.82) is 0 Å². The zero-order valence-electron chi connectivity index (χ0n) is 10.3. The van der Waals surface area contributed by atoms with Crippen LogP contribution < -0.4 is 0 Å². The predicted octanol–water partition coefficient (Wildman–Crippen LogP) is 4.10. The van der Waals surface area contributed by atoms with Crippen molar-refractivity contribution in [1.82, 2.24) is 0 Å². The van der Waals surface area contributed by atoms with Crippen molar-refractivity contribution in [2.24, 2.45) is 0 Å². The van der Waals surface area contributed by atoms with Crippen LogP contribution in [0, 0.1) is 0 Å². The summed E-state index contributed by atoms with van der Waals surface area (Å²) in [6.07, 6.45) is 3.11. The van der Waals surface area contributed by atoms with Crippen molar-refractivity contribution < 1.29 is 9.53 Å². The summed E-state index contributed by atoms with van der Waals surface area (Å²) in [5.41, 5.74) is 1.87. The number of carbonyl (C=O) groups excluding carboxylic acids is 1. The minimum absolute atomic E-state index is 0.282. The molecule has 2 aromatic rings. The highest BCUT2D eigenvalue weighted by Crippen LogP contribution is 2.10. The minimum atomic E-state index is -0.362. The normalized spacial score (nSPS) is 10.6. The Morgan fingerprint density at radius 3 is 2.42 bits per heavy atom. The Bertz CT molecular complexity index is 559. The molecule has 3 heteroatoms. The molecule has 0 aliphatic heterocycles. The first-order chi connectivity index (χ1) is 9.24. The Hall–Kier alpha value is -2.06. The molecule has 19 heavy (non-hydrogen) atoms. The van der Waals surface area contributed by atoms with Crippen molar-refractivity contribution in [3.05, 3.63) is 76.8 Å². The molecule has 0 fully saturated rings. The van der Waals surface area contributed by atoms with Gasteiger partial charge in [-0.3, -0.25) is 0 Å². The number of esters is 1. The summed E-state index contributed by atoms with van der Waals surface area (Å²) in [5, 5.41) is 0.670. The number of rotatable bonds is 4. The van der Waals surface area contributed by atoms with Crippen molar-refractivity contribution in [2.45, 2.75) is 6.61 Å². The Kier molecular flexibility index (Phi) is 4.76. The van der Waals surface area contributed by atoms with Crippen molar-refractivity contribution in [3.63, 3.8) is 0 Å². The monoisotopic (exact) mass is 272 g/mol. The van der Waals surface area contributed by atoms with Gasteiger partial charge in [0.1, 0.15) is 6.61 Å². The molecular formula is C16H13ClO2. The van der Waals surface area contributed by atoms with Gasteiger partial charge in [-0.1, -0.05) is 54.1 Å². The first kappa shape index (κ1) is 13.4. The molecule has 0 atom stereocenters. The molecular weight excluding hydrogens is 260 g/mol. The van der Waals surface area contributed by atoms with E-state index in [1.54, 1.807) is 18.2 Å². The van der Waals surface area contributed by atoms with Crippen LogP contribution in [-0.4, -0.2) is 5.97 Å². The molecule has 0 radical (unpaired) electrons. The van der Waals surface area contributed by atoms with Gasteiger partial charge in [0.2, 0.25) is 0 Å². The molecule has 0 N–H and O–H groups in total. The van der Waals surface area contributed by atoms with E-state index in [-0.39, 0.29) is 12.6 Å². The second kappa shape index (κ2) is 6.76. The van der Waals surface area contributed by atoms with Gasteiger partial charge in [-0.05, 0) is 29.3 Å². The number of benzene rings is 2. The SMILES string of the molecule is O=C(C=Cc1ccc(Cl)cc1)OCc1ccccc1.